The van der Waals surface area contributed by atoms with Crippen molar-refractivity contribution in [3.63, 3.8) is 0 Å². The van der Waals surface area contributed by atoms with Gasteiger partial charge in [-0.2, -0.15) is 0 Å². The first-order chi connectivity index (χ1) is 14.8. The molecule has 0 aliphatic carbocycles. The summed E-state index contributed by atoms with van der Waals surface area (Å²) in [5.74, 6) is -0.133. The summed E-state index contributed by atoms with van der Waals surface area (Å²) >= 11 is 0. The summed E-state index contributed by atoms with van der Waals surface area (Å²) in [6.45, 7) is 0.372. The number of fused-ring (bicyclic) bond motifs is 2. The summed E-state index contributed by atoms with van der Waals surface area (Å²) in [5, 5.41) is 8.62. The first-order valence-electron chi connectivity index (χ1n) is 9.99. The number of carbonyl (C=O) groups is 1. The number of H-pyrrole nitrogens is 1. The van der Waals surface area contributed by atoms with Gasteiger partial charge in [0.25, 0.3) is 5.91 Å². The predicted molar refractivity (Wildman–Crippen MR) is 114 cm³/mol. The van der Waals surface area contributed by atoms with Crippen LogP contribution in [0.25, 0.3) is 10.8 Å². The largest absolute Gasteiger partial charge is 0.358 e. The molecule has 1 aromatic carbocycles. The Bertz CT molecular complexity index is 1180. The van der Waals surface area contributed by atoms with Crippen molar-refractivity contribution in [2.45, 2.75) is 19.1 Å². The third-order valence-corrected chi connectivity index (χ3v) is 5.39. The Morgan fingerprint density at radius 2 is 2.10 bits per heavy atom. The molecule has 3 N–H and O–H groups in total. The maximum absolute atomic E-state index is 13.1. The quantitative estimate of drug-likeness (QED) is 0.695. The molecule has 0 saturated heterocycles. The van der Waals surface area contributed by atoms with Crippen LogP contribution in [-0.2, 0) is 17.8 Å². The van der Waals surface area contributed by atoms with Crippen LogP contribution in [0.5, 0.6) is 0 Å². The van der Waals surface area contributed by atoms with Crippen molar-refractivity contribution >= 4 is 16.7 Å². The molecule has 0 bridgehead atoms. The predicted octanol–water partition coefficient (Wildman–Crippen LogP) is 2.43. The minimum atomic E-state index is -0.133. The summed E-state index contributed by atoms with van der Waals surface area (Å²) in [5.41, 5.74) is 3.49. The maximum Gasteiger partial charge on any atom is 0.269 e. The van der Waals surface area contributed by atoms with Gasteiger partial charge in [0.2, 0.25) is 0 Å². The summed E-state index contributed by atoms with van der Waals surface area (Å²) < 4.78 is 0. The fourth-order valence-corrected chi connectivity index (χ4v) is 3.94. The van der Waals surface area contributed by atoms with Gasteiger partial charge in [-0.05, 0) is 29.7 Å². The first kappa shape index (κ1) is 18.1. The van der Waals surface area contributed by atoms with Crippen LogP contribution in [0.3, 0.4) is 0 Å². The van der Waals surface area contributed by atoms with Crippen molar-refractivity contribution in [1.29, 1.82) is 0 Å². The van der Waals surface area contributed by atoms with E-state index in [4.69, 9.17) is 0 Å². The SMILES string of the molecule is O=C(NCc1nccc2ccccc12)C1=C2C=CC=CN2C(Cc2ccc[nH+]c2)N1. The van der Waals surface area contributed by atoms with Gasteiger partial charge in [0.05, 0.1) is 17.9 Å². The van der Waals surface area contributed by atoms with Crippen molar-refractivity contribution in [3.05, 3.63) is 108 Å². The number of nitrogens with zero attached hydrogens (tertiary/aromatic N) is 2. The fourth-order valence-electron chi connectivity index (χ4n) is 3.94. The van der Waals surface area contributed by atoms with E-state index in [1.807, 2.05) is 73.2 Å². The molecule has 30 heavy (non-hydrogen) atoms. The number of aromatic amines is 1. The second kappa shape index (κ2) is 7.83. The van der Waals surface area contributed by atoms with Crippen molar-refractivity contribution in [2.75, 3.05) is 0 Å². The Hall–Kier alpha value is -3.93. The molecule has 1 atom stereocenters. The summed E-state index contributed by atoms with van der Waals surface area (Å²) in [7, 11) is 0. The second-order valence-electron chi connectivity index (χ2n) is 7.31. The molecule has 1 unspecified atom stereocenters. The lowest BCUT2D eigenvalue weighted by Gasteiger charge is -2.25. The van der Waals surface area contributed by atoms with Crippen LogP contribution in [-0.4, -0.2) is 22.0 Å². The molecule has 1 amide bonds. The molecule has 0 saturated carbocycles. The normalized spacial score (nSPS) is 17.2. The molecule has 6 heteroatoms. The standard InChI is InChI=1S/C24H21N5O/c30-24(27-16-20-19-8-2-1-7-18(19)10-12-26-20)23-21-9-3-4-13-29(21)22(28-23)14-17-6-5-11-25-15-17/h1-13,15,22,28H,14,16H2,(H,27,30)/p+1. The number of hydrogen-bond donors (Lipinski definition) is 2. The van der Waals surface area contributed by atoms with E-state index in [-0.39, 0.29) is 12.1 Å². The topological polar surface area (TPSA) is 71.4 Å². The zero-order valence-corrected chi connectivity index (χ0v) is 16.4. The molecule has 2 aliphatic heterocycles. The van der Waals surface area contributed by atoms with E-state index in [0.717, 1.165) is 28.6 Å². The van der Waals surface area contributed by atoms with Gasteiger partial charge in [-0.3, -0.25) is 9.78 Å². The van der Waals surface area contributed by atoms with Crippen LogP contribution >= 0.6 is 0 Å². The van der Waals surface area contributed by atoms with Gasteiger partial charge < -0.3 is 15.5 Å². The van der Waals surface area contributed by atoms with E-state index in [0.29, 0.717) is 12.2 Å². The van der Waals surface area contributed by atoms with Gasteiger partial charge in [0.15, 0.2) is 12.4 Å². The third kappa shape index (κ3) is 3.43. The Morgan fingerprint density at radius 3 is 3.00 bits per heavy atom. The third-order valence-electron chi connectivity index (χ3n) is 5.39. The number of allylic oxidation sites excluding steroid dienone is 3. The van der Waals surface area contributed by atoms with Crippen LogP contribution in [0.2, 0.25) is 0 Å². The second-order valence-corrected chi connectivity index (χ2v) is 7.31. The lowest BCUT2D eigenvalue weighted by atomic mass is 10.1. The number of hydrogen-bond acceptors (Lipinski definition) is 4. The number of carbonyl (C=O) groups excluding carboxylic acids is 1. The molecule has 6 nitrogen and oxygen atoms in total. The number of pyridine rings is 2. The highest BCUT2D eigenvalue weighted by Gasteiger charge is 2.33. The van der Waals surface area contributed by atoms with E-state index in [9.17, 15) is 4.79 Å². The fraction of sp³-hybridized carbons (Fsp3) is 0.125. The van der Waals surface area contributed by atoms with E-state index < -0.39 is 0 Å². The summed E-state index contributed by atoms with van der Waals surface area (Å²) in [6.07, 6.45) is 14.3. The van der Waals surface area contributed by atoms with Crippen molar-refractivity contribution in [1.82, 2.24) is 20.5 Å². The number of aromatic nitrogens is 2. The minimum Gasteiger partial charge on any atom is -0.358 e. The smallest absolute Gasteiger partial charge is 0.269 e. The lowest BCUT2D eigenvalue weighted by Crippen LogP contribution is -2.38. The Morgan fingerprint density at radius 1 is 1.17 bits per heavy atom. The molecule has 0 radical (unpaired) electrons. The number of nitrogens with one attached hydrogen (secondary N) is 3. The molecular formula is C24H22N5O+. The van der Waals surface area contributed by atoms with Crippen molar-refractivity contribution in [2.24, 2.45) is 0 Å². The zero-order valence-electron chi connectivity index (χ0n) is 16.4. The molecule has 2 aliphatic rings. The minimum absolute atomic E-state index is 0.0200. The maximum atomic E-state index is 13.1. The molecule has 5 rings (SSSR count). The van der Waals surface area contributed by atoms with E-state index in [2.05, 4.69) is 31.6 Å². The Balaban J connectivity index is 1.34. The highest BCUT2D eigenvalue weighted by atomic mass is 16.2. The van der Waals surface area contributed by atoms with Gasteiger partial charge in [-0.15, -0.1) is 0 Å². The van der Waals surface area contributed by atoms with Crippen LogP contribution in [0, 0.1) is 0 Å². The van der Waals surface area contributed by atoms with Crippen molar-refractivity contribution in [3.8, 4) is 0 Å². The van der Waals surface area contributed by atoms with Crippen molar-refractivity contribution < 1.29 is 9.78 Å². The van der Waals surface area contributed by atoms with E-state index in [1.54, 1.807) is 6.20 Å². The number of benzene rings is 1. The molecule has 3 aromatic rings. The van der Waals surface area contributed by atoms with Gasteiger partial charge in [0.1, 0.15) is 11.9 Å². The monoisotopic (exact) mass is 396 g/mol. The van der Waals surface area contributed by atoms with Crippen LogP contribution in [0.15, 0.2) is 96.9 Å². The summed E-state index contributed by atoms with van der Waals surface area (Å²) in [4.78, 5) is 22.8. The highest BCUT2D eigenvalue weighted by molar-refractivity contribution is 5.95. The molecule has 2 aromatic heterocycles. The van der Waals surface area contributed by atoms with Gasteiger partial charge in [-0.1, -0.05) is 30.3 Å². The number of amides is 1. The molecule has 0 spiro atoms. The van der Waals surface area contributed by atoms with Gasteiger partial charge >= 0.3 is 0 Å². The lowest BCUT2D eigenvalue weighted by molar-refractivity contribution is -0.378. The van der Waals surface area contributed by atoms with Gasteiger partial charge in [-0.25, -0.2) is 4.98 Å². The molecule has 4 heterocycles. The van der Waals surface area contributed by atoms with Crippen LogP contribution in [0.1, 0.15) is 11.3 Å². The zero-order chi connectivity index (χ0) is 20.3. The Labute approximate surface area is 174 Å². The first-order valence-corrected chi connectivity index (χ1v) is 9.99. The number of rotatable bonds is 5. The van der Waals surface area contributed by atoms with Gasteiger partial charge in [0, 0.05) is 35.8 Å². The van der Waals surface area contributed by atoms with Crippen LogP contribution < -0.4 is 15.6 Å². The van der Waals surface area contributed by atoms with E-state index >= 15 is 0 Å². The summed E-state index contributed by atoms with van der Waals surface area (Å²) in [6, 6.07) is 14.1. The highest BCUT2D eigenvalue weighted by Crippen LogP contribution is 2.26. The molecule has 0 fully saturated rings. The molecular weight excluding hydrogens is 374 g/mol. The van der Waals surface area contributed by atoms with Crippen LogP contribution in [0.4, 0.5) is 0 Å². The average Bonchev–Trinajstić information content (AvgIpc) is 3.17. The van der Waals surface area contributed by atoms with E-state index in [1.165, 1.54) is 5.56 Å². The molecule has 148 valence electrons. The Kier molecular flexibility index (Phi) is 4.73. The average molecular weight is 396 g/mol.